The summed E-state index contributed by atoms with van der Waals surface area (Å²) in [6.07, 6.45) is 1.90. The summed E-state index contributed by atoms with van der Waals surface area (Å²) in [4.78, 5) is 14.3. The first kappa shape index (κ1) is 17.5. The molecule has 0 aliphatic carbocycles. The Morgan fingerprint density at radius 1 is 1.40 bits per heavy atom. The Morgan fingerprint density at radius 2 is 2.05 bits per heavy atom. The summed E-state index contributed by atoms with van der Waals surface area (Å²) in [5.74, 6) is 0.452. The highest BCUT2D eigenvalue weighted by Crippen LogP contribution is 2.19. The Morgan fingerprint density at radius 3 is 2.65 bits per heavy atom. The predicted molar refractivity (Wildman–Crippen MR) is 88.1 cm³/mol. The third-order valence-corrected chi connectivity index (χ3v) is 4.21. The van der Waals surface area contributed by atoms with Crippen LogP contribution in [0, 0.1) is 5.92 Å². The lowest BCUT2D eigenvalue weighted by molar-refractivity contribution is -0.135. The number of rotatable bonds is 3. The van der Waals surface area contributed by atoms with E-state index in [9.17, 15) is 4.79 Å². The van der Waals surface area contributed by atoms with Crippen LogP contribution in [0.3, 0.4) is 0 Å². The summed E-state index contributed by atoms with van der Waals surface area (Å²) in [5.41, 5.74) is 1.17. The second-order valence-electron chi connectivity index (χ2n) is 5.40. The van der Waals surface area contributed by atoms with Crippen molar-refractivity contribution in [2.45, 2.75) is 32.4 Å². The molecule has 1 heterocycles. The number of benzene rings is 1. The maximum atomic E-state index is 12.4. The van der Waals surface area contributed by atoms with Crippen molar-refractivity contribution in [3.8, 4) is 0 Å². The highest BCUT2D eigenvalue weighted by molar-refractivity contribution is 9.10. The number of hydrogen-bond donors (Lipinski definition) is 1. The molecule has 1 fully saturated rings. The van der Waals surface area contributed by atoms with Crippen molar-refractivity contribution >= 4 is 34.2 Å². The number of carbonyl (C=O) groups excluding carboxylic acids is 1. The maximum absolute atomic E-state index is 12.4. The number of nitrogens with one attached hydrogen (secondary N) is 1. The van der Waals surface area contributed by atoms with Crippen molar-refractivity contribution < 1.29 is 4.79 Å². The number of amides is 1. The average Bonchev–Trinajstić information content (AvgIpc) is 2.40. The summed E-state index contributed by atoms with van der Waals surface area (Å²) < 4.78 is 1.07. The lowest BCUT2D eigenvalue weighted by Crippen LogP contribution is -2.42. The van der Waals surface area contributed by atoms with Gasteiger partial charge in [-0.3, -0.25) is 4.79 Å². The molecule has 2 rings (SSSR count). The second-order valence-corrected chi connectivity index (χ2v) is 6.31. The molecule has 1 saturated heterocycles. The molecular weight excluding hydrogens is 340 g/mol. The Balaban J connectivity index is 0.00000200. The van der Waals surface area contributed by atoms with Gasteiger partial charge in [0.2, 0.25) is 5.91 Å². The van der Waals surface area contributed by atoms with Crippen molar-refractivity contribution in [3.63, 3.8) is 0 Å². The van der Waals surface area contributed by atoms with Crippen molar-refractivity contribution in [1.82, 2.24) is 10.2 Å². The summed E-state index contributed by atoms with van der Waals surface area (Å²) in [6.45, 7) is 3.78. The molecule has 0 saturated carbocycles. The maximum Gasteiger partial charge on any atom is 0.225 e. The molecule has 1 aliphatic rings. The van der Waals surface area contributed by atoms with Crippen LogP contribution in [0.5, 0.6) is 0 Å². The van der Waals surface area contributed by atoms with Gasteiger partial charge >= 0.3 is 0 Å². The van der Waals surface area contributed by atoms with Gasteiger partial charge in [-0.15, -0.1) is 12.4 Å². The van der Waals surface area contributed by atoms with Gasteiger partial charge in [0.1, 0.15) is 0 Å². The van der Waals surface area contributed by atoms with E-state index in [0.29, 0.717) is 12.6 Å². The molecule has 2 atom stereocenters. The minimum atomic E-state index is 0. The fourth-order valence-corrected chi connectivity index (χ4v) is 2.87. The van der Waals surface area contributed by atoms with Crippen LogP contribution in [-0.2, 0) is 11.3 Å². The molecule has 0 unspecified atom stereocenters. The highest BCUT2D eigenvalue weighted by Gasteiger charge is 2.26. The second kappa shape index (κ2) is 8.01. The molecule has 0 aromatic heterocycles. The van der Waals surface area contributed by atoms with Gasteiger partial charge in [-0.1, -0.05) is 28.1 Å². The smallest absolute Gasteiger partial charge is 0.225 e. The van der Waals surface area contributed by atoms with Crippen LogP contribution in [0.1, 0.15) is 25.3 Å². The zero-order valence-corrected chi connectivity index (χ0v) is 14.3. The van der Waals surface area contributed by atoms with Gasteiger partial charge in [-0.2, -0.15) is 0 Å². The largest absolute Gasteiger partial charge is 0.341 e. The van der Waals surface area contributed by atoms with E-state index in [1.54, 1.807) is 0 Å². The van der Waals surface area contributed by atoms with Crippen LogP contribution in [0.4, 0.5) is 0 Å². The lowest BCUT2D eigenvalue weighted by atomic mass is 9.92. The van der Waals surface area contributed by atoms with Crippen LogP contribution in [0.2, 0.25) is 0 Å². The molecule has 0 bridgehead atoms. The molecule has 112 valence electrons. The monoisotopic (exact) mass is 360 g/mol. The van der Waals surface area contributed by atoms with E-state index in [1.807, 2.05) is 24.1 Å². The molecule has 0 radical (unpaired) electrons. The summed E-state index contributed by atoms with van der Waals surface area (Å²) in [6, 6.07) is 8.59. The van der Waals surface area contributed by atoms with Gasteiger partial charge in [0, 0.05) is 30.0 Å². The van der Waals surface area contributed by atoms with Crippen LogP contribution in [0.15, 0.2) is 28.7 Å². The van der Waals surface area contributed by atoms with Gasteiger partial charge in [0.25, 0.3) is 0 Å². The first-order valence-electron chi connectivity index (χ1n) is 6.79. The van der Waals surface area contributed by atoms with Gasteiger partial charge in [-0.05, 0) is 44.0 Å². The molecule has 1 N–H and O–H groups in total. The first-order valence-corrected chi connectivity index (χ1v) is 7.58. The van der Waals surface area contributed by atoms with E-state index in [1.165, 1.54) is 5.56 Å². The van der Waals surface area contributed by atoms with Crippen LogP contribution >= 0.6 is 28.3 Å². The molecule has 5 heteroatoms. The SMILES string of the molecule is C[C@H]1C[C@@H](C(=O)N(C)Cc2ccc(Br)cc2)CCN1.Cl. The van der Waals surface area contributed by atoms with Gasteiger partial charge in [0.05, 0.1) is 0 Å². The van der Waals surface area contributed by atoms with Crippen molar-refractivity contribution in [2.24, 2.45) is 5.92 Å². The Kier molecular flexibility index (Phi) is 7.00. The minimum absolute atomic E-state index is 0. The van der Waals surface area contributed by atoms with E-state index >= 15 is 0 Å². The summed E-state index contributed by atoms with van der Waals surface area (Å²) in [5, 5.41) is 3.39. The quantitative estimate of drug-likeness (QED) is 0.896. The zero-order chi connectivity index (χ0) is 13.8. The molecule has 1 aliphatic heterocycles. The van der Waals surface area contributed by atoms with Crippen molar-refractivity contribution in [1.29, 1.82) is 0 Å². The fourth-order valence-electron chi connectivity index (χ4n) is 2.61. The van der Waals surface area contributed by atoms with Gasteiger partial charge in [-0.25, -0.2) is 0 Å². The van der Waals surface area contributed by atoms with Crippen LogP contribution in [0.25, 0.3) is 0 Å². The van der Waals surface area contributed by atoms with Crippen molar-refractivity contribution in [3.05, 3.63) is 34.3 Å². The number of nitrogens with zero attached hydrogens (tertiary/aromatic N) is 1. The van der Waals surface area contributed by atoms with E-state index in [4.69, 9.17) is 0 Å². The van der Waals surface area contributed by atoms with Crippen molar-refractivity contribution in [2.75, 3.05) is 13.6 Å². The van der Waals surface area contributed by atoms with E-state index in [0.717, 1.165) is 23.9 Å². The fraction of sp³-hybridized carbons (Fsp3) is 0.533. The number of carbonyl (C=O) groups is 1. The lowest BCUT2D eigenvalue weighted by Gasteiger charge is -2.30. The third kappa shape index (κ3) is 4.76. The third-order valence-electron chi connectivity index (χ3n) is 3.68. The number of piperidine rings is 1. The van der Waals surface area contributed by atoms with Gasteiger partial charge in [0.15, 0.2) is 0 Å². The molecule has 0 spiro atoms. The predicted octanol–water partition coefficient (Wildman–Crippen LogP) is 3.22. The van der Waals surface area contributed by atoms with E-state index in [-0.39, 0.29) is 24.2 Å². The molecule has 3 nitrogen and oxygen atoms in total. The van der Waals surface area contributed by atoms with E-state index in [2.05, 4.69) is 40.3 Å². The molecule has 20 heavy (non-hydrogen) atoms. The summed E-state index contributed by atoms with van der Waals surface area (Å²) >= 11 is 3.42. The van der Waals surface area contributed by atoms with E-state index < -0.39 is 0 Å². The molecular formula is C15H22BrClN2O. The molecule has 1 aromatic carbocycles. The zero-order valence-electron chi connectivity index (χ0n) is 11.9. The number of hydrogen-bond acceptors (Lipinski definition) is 2. The van der Waals surface area contributed by atoms with Gasteiger partial charge < -0.3 is 10.2 Å². The highest BCUT2D eigenvalue weighted by atomic mass is 79.9. The minimum Gasteiger partial charge on any atom is -0.341 e. The molecule has 1 amide bonds. The standard InChI is InChI=1S/C15H21BrN2O.ClH/c1-11-9-13(7-8-17-11)15(19)18(2)10-12-3-5-14(16)6-4-12;/h3-6,11,13,17H,7-10H2,1-2H3;1H/t11-,13-;/m0./s1. The first-order chi connectivity index (χ1) is 9.06. The van der Waals surface area contributed by atoms with Crippen LogP contribution < -0.4 is 5.32 Å². The Labute approximate surface area is 135 Å². The average molecular weight is 362 g/mol. The Hall–Kier alpha value is -0.580. The number of halogens is 2. The normalized spacial score (nSPS) is 21.9. The summed E-state index contributed by atoms with van der Waals surface area (Å²) in [7, 11) is 1.90. The topological polar surface area (TPSA) is 32.3 Å². The van der Waals surface area contributed by atoms with Crippen LogP contribution in [-0.4, -0.2) is 30.4 Å². The molecule has 1 aromatic rings. The Bertz CT molecular complexity index is 438.